The summed E-state index contributed by atoms with van der Waals surface area (Å²) in [5.74, 6) is 1.59. The molecule has 0 bridgehead atoms. The summed E-state index contributed by atoms with van der Waals surface area (Å²) >= 11 is 0. The van der Waals surface area contributed by atoms with E-state index in [1.54, 1.807) is 0 Å². The summed E-state index contributed by atoms with van der Waals surface area (Å²) in [7, 11) is 0. The van der Waals surface area contributed by atoms with Crippen LogP contribution < -0.4 is 5.32 Å². The molecule has 0 aromatic heterocycles. The van der Waals surface area contributed by atoms with Crippen molar-refractivity contribution in [3.05, 3.63) is 0 Å². The van der Waals surface area contributed by atoms with Crippen LogP contribution in [0.2, 0.25) is 0 Å². The van der Waals surface area contributed by atoms with E-state index >= 15 is 0 Å². The van der Waals surface area contributed by atoms with Crippen molar-refractivity contribution in [3.63, 3.8) is 0 Å². The molecule has 2 unspecified atom stereocenters. The van der Waals surface area contributed by atoms with Gasteiger partial charge in [0.1, 0.15) is 0 Å². The molecule has 1 nitrogen and oxygen atoms in total. The minimum Gasteiger partial charge on any atom is -0.314 e. The van der Waals surface area contributed by atoms with E-state index in [1.165, 1.54) is 32.1 Å². The third kappa shape index (κ3) is 6.94. The van der Waals surface area contributed by atoms with Gasteiger partial charge in [0, 0.05) is 6.04 Å². The van der Waals surface area contributed by atoms with Crippen LogP contribution in [0.25, 0.3) is 0 Å². The monoisotopic (exact) mass is 213 g/mol. The Morgan fingerprint density at radius 1 is 0.933 bits per heavy atom. The molecule has 0 aromatic carbocycles. The van der Waals surface area contributed by atoms with E-state index in [1.807, 2.05) is 0 Å². The Labute approximate surface area is 97.0 Å². The van der Waals surface area contributed by atoms with Crippen LogP contribution in [0.3, 0.4) is 0 Å². The third-order valence-corrected chi connectivity index (χ3v) is 3.52. The van der Waals surface area contributed by atoms with Gasteiger partial charge in [-0.25, -0.2) is 0 Å². The van der Waals surface area contributed by atoms with Gasteiger partial charge in [-0.3, -0.25) is 0 Å². The largest absolute Gasteiger partial charge is 0.314 e. The normalized spacial score (nSPS) is 15.6. The molecular weight excluding hydrogens is 182 g/mol. The van der Waals surface area contributed by atoms with E-state index in [0.717, 1.165) is 24.4 Å². The average Bonchev–Trinajstić information content (AvgIpc) is 2.21. The quantitative estimate of drug-likeness (QED) is 0.565. The summed E-state index contributed by atoms with van der Waals surface area (Å²) < 4.78 is 0. The molecule has 0 amide bonds. The van der Waals surface area contributed by atoms with Gasteiger partial charge < -0.3 is 5.32 Å². The molecular formula is C14H31N. The number of hydrogen-bond acceptors (Lipinski definition) is 1. The van der Waals surface area contributed by atoms with Crippen molar-refractivity contribution in [3.8, 4) is 0 Å². The zero-order valence-electron chi connectivity index (χ0n) is 11.5. The fourth-order valence-electron chi connectivity index (χ4n) is 2.07. The fourth-order valence-corrected chi connectivity index (χ4v) is 2.07. The molecule has 0 saturated carbocycles. The summed E-state index contributed by atoms with van der Waals surface area (Å²) in [5, 5.41) is 3.64. The highest BCUT2D eigenvalue weighted by Gasteiger charge is 2.18. The topological polar surface area (TPSA) is 12.0 Å². The van der Waals surface area contributed by atoms with Crippen molar-refractivity contribution in [2.24, 2.45) is 11.8 Å². The molecule has 0 radical (unpaired) electrons. The highest BCUT2D eigenvalue weighted by atomic mass is 14.9. The van der Waals surface area contributed by atoms with Crippen LogP contribution in [0.15, 0.2) is 0 Å². The maximum atomic E-state index is 3.64. The van der Waals surface area contributed by atoms with Crippen LogP contribution in [-0.2, 0) is 0 Å². The van der Waals surface area contributed by atoms with Gasteiger partial charge in [-0.2, -0.15) is 0 Å². The van der Waals surface area contributed by atoms with Crippen molar-refractivity contribution in [2.75, 3.05) is 6.54 Å². The van der Waals surface area contributed by atoms with Gasteiger partial charge in [-0.1, -0.05) is 60.3 Å². The third-order valence-electron chi connectivity index (χ3n) is 3.52. The Bertz CT molecular complexity index is 131. The van der Waals surface area contributed by atoms with Gasteiger partial charge in [0.2, 0.25) is 0 Å². The van der Waals surface area contributed by atoms with Crippen molar-refractivity contribution in [2.45, 2.75) is 72.8 Å². The van der Waals surface area contributed by atoms with Crippen molar-refractivity contribution in [1.82, 2.24) is 5.32 Å². The Morgan fingerprint density at radius 3 is 2.07 bits per heavy atom. The minimum absolute atomic E-state index is 0.729. The summed E-state index contributed by atoms with van der Waals surface area (Å²) in [4.78, 5) is 0. The predicted octanol–water partition coefficient (Wildman–Crippen LogP) is 4.23. The molecule has 0 aromatic rings. The van der Waals surface area contributed by atoms with Gasteiger partial charge in [0.25, 0.3) is 0 Å². The standard InChI is InChI=1S/C14H31N/c1-6-8-9-10-11-14(15-7-2)13(5)12(3)4/h12-15H,6-11H2,1-5H3. The van der Waals surface area contributed by atoms with Crippen LogP contribution in [0.1, 0.15) is 66.7 Å². The molecule has 0 aliphatic heterocycles. The second-order valence-electron chi connectivity index (χ2n) is 5.12. The molecule has 0 rings (SSSR count). The number of hydrogen-bond donors (Lipinski definition) is 1. The van der Waals surface area contributed by atoms with Crippen molar-refractivity contribution in [1.29, 1.82) is 0 Å². The van der Waals surface area contributed by atoms with Gasteiger partial charge in [0.05, 0.1) is 0 Å². The van der Waals surface area contributed by atoms with Crippen LogP contribution in [0, 0.1) is 11.8 Å². The zero-order valence-corrected chi connectivity index (χ0v) is 11.5. The molecule has 0 aliphatic rings. The van der Waals surface area contributed by atoms with Gasteiger partial charge in [-0.15, -0.1) is 0 Å². The van der Waals surface area contributed by atoms with E-state index in [2.05, 4.69) is 39.9 Å². The highest BCUT2D eigenvalue weighted by Crippen LogP contribution is 2.19. The first-order valence-electron chi connectivity index (χ1n) is 6.86. The van der Waals surface area contributed by atoms with E-state index < -0.39 is 0 Å². The van der Waals surface area contributed by atoms with E-state index in [-0.39, 0.29) is 0 Å². The molecule has 0 fully saturated rings. The first-order chi connectivity index (χ1) is 7.13. The Kier molecular flexibility index (Phi) is 9.18. The minimum atomic E-state index is 0.729. The molecule has 1 heteroatoms. The predicted molar refractivity (Wildman–Crippen MR) is 70.2 cm³/mol. The molecule has 0 spiro atoms. The summed E-state index contributed by atoms with van der Waals surface area (Å²) in [6.45, 7) is 12.7. The van der Waals surface area contributed by atoms with E-state index in [9.17, 15) is 0 Å². The first-order valence-corrected chi connectivity index (χ1v) is 6.86. The molecule has 92 valence electrons. The number of rotatable bonds is 9. The van der Waals surface area contributed by atoms with Crippen LogP contribution in [-0.4, -0.2) is 12.6 Å². The fraction of sp³-hybridized carbons (Fsp3) is 1.00. The molecule has 1 N–H and O–H groups in total. The zero-order chi connectivity index (χ0) is 11.7. The SMILES string of the molecule is CCCCCCC(NCC)C(C)C(C)C. The van der Waals surface area contributed by atoms with Gasteiger partial charge >= 0.3 is 0 Å². The van der Waals surface area contributed by atoms with E-state index in [4.69, 9.17) is 0 Å². The van der Waals surface area contributed by atoms with Crippen molar-refractivity contribution >= 4 is 0 Å². The van der Waals surface area contributed by atoms with Crippen LogP contribution in [0.5, 0.6) is 0 Å². The molecule has 0 aliphatic carbocycles. The van der Waals surface area contributed by atoms with Crippen molar-refractivity contribution < 1.29 is 0 Å². The summed E-state index contributed by atoms with van der Waals surface area (Å²) in [6, 6.07) is 0.729. The average molecular weight is 213 g/mol. The second kappa shape index (κ2) is 9.21. The Hall–Kier alpha value is -0.0400. The second-order valence-corrected chi connectivity index (χ2v) is 5.12. The lowest BCUT2D eigenvalue weighted by Crippen LogP contribution is -2.37. The lowest BCUT2D eigenvalue weighted by Gasteiger charge is -2.27. The van der Waals surface area contributed by atoms with Gasteiger partial charge in [0.15, 0.2) is 0 Å². The summed E-state index contributed by atoms with van der Waals surface area (Å²) in [5.41, 5.74) is 0. The van der Waals surface area contributed by atoms with Crippen LogP contribution >= 0.6 is 0 Å². The summed E-state index contributed by atoms with van der Waals surface area (Å²) in [6.07, 6.45) is 6.89. The smallest absolute Gasteiger partial charge is 0.00950 e. The molecule has 2 atom stereocenters. The first kappa shape index (κ1) is 15.0. The Morgan fingerprint density at radius 2 is 1.60 bits per heavy atom. The molecule has 0 heterocycles. The van der Waals surface area contributed by atoms with Crippen LogP contribution in [0.4, 0.5) is 0 Å². The Balaban J connectivity index is 3.82. The molecule has 15 heavy (non-hydrogen) atoms. The lowest BCUT2D eigenvalue weighted by atomic mass is 9.87. The maximum Gasteiger partial charge on any atom is 0.00950 e. The molecule has 0 saturated heterocycles. The van der Waals surface area contributed by atoms with E-state index in [0.29, 0.717) is 0 Å². The maximum absolute atomic E-state index is 3.64. The highest BCUT2D eigenvalue weighted by molar-refractivity contribution is 4.75. The van der Waals surface area contributed by atoms with Gasteiger partial charge in [-0.05, 0) is 24.8 Å². The number of unbranched alkanes of at least 4 members (excludes halogenated alkanes) is 3. The lowest BCUT2D eigenvalue weighted by molar-refractivity contribution is 0.283. The number of nitrogens with one attached hydrogen (secondary N) is 1.